The number of rotatable bonds is 3. The Labute approximate surface area is 139 Å². The van der Waals surface area contributed by atoms with Crippen LogP contribution in [0.1, 0.15) is 1.43 Å². The Morgan fingerprint density at radius 2 is 2.06 bits per heavy atom. The number of phosphoric acid groups is 1. The molecule has 0 amide bonds. The van der Waals surface area contributed by atoms with Crippen molar-refractivity contribution in [2.75, 3.05) is 0 Å². The third-order valence-corrected chi connectivity index (χ3v) is 2.07. The molecule has 0 saturated heterocycles. The molecule has 0 bridgehead atoms. The third kappa shape index (κ3) is 5.22. The van der Waals surface area contributed by atoms with Gasteiger partial charge in [-0.3, -0.25) is 19.9 Å². The van der Waals surface area contributed by atoms with Gasteiger partial charge in [-0.1, -0.05) is 11.6 Å². The summed E-state index contributed by atoms with van der Waals surface area (Å²) in [6.07, 6.45) is 0. The Balaban J connectivity index is 0. The van der Waals surface area contributed by atoms with Crippen LogP contribution in [0, 0.1) is 10.1 Å². The van der Waals surface area contributed by atoms with Crippen molar-refractivity contribution >= 4 is 25.1 Å². The second-order valence-electron chi connectivity index (χ2n) is 2.45. The molecule has 0 radical (unpaired) electrons. The minimum absolute atomic E-state index is 0. The molecule has 0 atom stereocenters. The van der Waals surface area contributed by atoms with Gasteiger partial charge in [0.05, 0.1) is 9.95 Å². The largest absolute Gasteiger partial charge is 1.00 e. The molecule has 0 aliphatic rings. The Bertz CT molecular complexity index is 454. The van der Waals surface area contributed by atoms with E-state index in [0.717, 1.165) is 18.2 Å². The van der Waals surface area contributed by atoms with Crippen molar-refractivity contribution < 1.29 is 76.6 Å². The number of halogens is 1. The fourth-order valence-corrected chi connectivity index (χ4v) is 1.49. The van der Waals surface area contributed by atoms with Crippen LogP contribution in [-0.4, -0.2) is 14.7 Å². The van der Waals surface area contributed by atoms with Crippen molar-refractivity contribution in [2.45, 2.75) is 0 Å². The fraction of sp³-hybridized carbons (Fsp3) is 0. The first-order valence-electron chi connectivity index (χ1n) is 3.49. The predicted molar refractivity (Wildman–Crippen MR) is 51.9 cm³/mol. The predicted octanol–water partition coefficient (Wildman–Crippen LogP) is -1.16. The second kappa shape index (κ2) is 6.43. The second-order valence-corrected chi connectivity index (χ2v) is 4.02. The van der Waals surface area contributed by atoms with E-state index in [2.05, 4.69) is 4.52 Å². The summed E-state index contributed by atoms with van der Waals surface area (Å²) in [7, 11) is -4.71. The van der Waals surface area contributed by atoms with Crippen LogP contribution in [0.2, 0.25) is 5.02 Å². The molecule has 1 aromatic carbocycles. The molecule has 2 N–H and O–H groups in total. The Hall–Kier alpha value is 0.496. The van der Waals surface area contributed by atoms with Gasteiger partial charge in [-0.25, -0.2) is 4.57 Å². The smallest absolute Gasteiger partial charge is 1.00 e. The van der Waals surface area contributed by atoms with E-state index in [0.29, 0.717) is 0 Å². The normalized spacial score (nSPS) is 10.4. The minimum Gasteiger partial charge on any atom is -1.00 e. The van der Waals surface area contributed by atoms with Gasteiger partial charge >= 0.3 is 59.2 Å². The molecule has 1 rings (SSSR count). The quantitative estimate of drug-likeness (QED) is 0.315. The average Bonchev–Trinajstić information content (AvgIpc) is 2.05. The first kappa shape index (κ1) is 16.5. The van der Waals surface area contributed by atoms with E-state index in [-0.39, 0.29) is 69.3 Å². The van der Waals surface area contributed by atoms with Crippen molar-refractivity contribution in [3.63, 3.8) is 0 Å². The molecule has 1 aromatic rings. The zero-order chi connectivity index (χ0) is 11.6. The zero-order valence-corrected chi connectivity index (χ0v) is 12.8. The summed E-state index contributed by atoms with van der Waals surface area (Å²) in [5.41, 5.74) is -0.293. The van der Waals surface area contributed by atoms with Crippen LogP contribution in [0.15, 0.2) is 18.2 Å². The third-order valence-electron chi connectivity index (χ3n) is 1.34. The van der Waals surface area contributed by atoms with Crippen molar-refractivity contribution in [3.05, 3.63) is 33.3 Å². The molecule has 16 heavy (non-hydrogen) atoms. The Morgan fingerprint density at radius 1 is 1.50 bits per heavy atom. The van der Waals surface area contributed by atoms with E-state index in [1.165, 1.54) is 0 Å². The molecule has 0 aromatic heterocycles. The summed E-state index contributed by atoms with van der Waals surface area (Å²) in [4.78, 5) is 26.6. The van der Waals surface area contributed by atoms with Crippen LogP contribution in [0.3, 0.4) is 0 Å². The van der Waals surface area contributed by atoms with Gasteiger partial charge < -0.3 is 5.95 Å². The molecule has 0 saturated carbocycles. The monoisotopic (exact) mass is 293 g/mol. The summed E-state index contributed by atoms with van der Waals surface area (Å²) in [6.45, 7) is 0. The molecule has 0 heterocycles. The SMILES string of the molecule is O=[N+]([O-])c1ccc(OP(=O)(O)O)c(Cl)c1.[H-].[K+]. The molecule has 10 heteroatoms. The first-order chi connectivity index (χ1) is 6.79. The fourth-order valence-electron chi connectivity index (χ4n) is 0.805. The van der Waals surface area contributed by atoms with E-state index < -0.39 is 12.7 Å². The summed E-state index contributed by atoms with van der Waals surface area (Å²) in [6, 6.07) is 2.98. The van der Waals surface area contributed by atoms with E-state index >= 15 is 0 Å². The Kier molecular flexibility index (Phi) is 6.63. The number of nitrogens with zero attached hydrogens (tertiary/aromatic N) is 1. The van der Waals surface area contributed by atoms with Crippen LogP contribution >= 0.6 is 19.4 Å². The maximum atomic E-state index is 10.5. The summed E-state index contributed by atoms with van der Waals surface area (Å²) < 4.78 is 14.6. The summed E-state index contributed by atoms with van der Waals surface area (Å²) >= 11 is 5.51. The minimum atomic E-state index is -4.71. The molecule has 0 fully saturated rings. The van der Waals surface area contributed by atoms with Crippen LogP contribution in [0.25, 0.3) is 0 Å². The maximum Gasteiger partial charge on any atom is 1.00 e. The number of non-ortho nitro benzene ring substituents is 1. The van der Waals surface area contributed by atoms with E-state index in [4.69, 9.17) is 21.4 Å². The molecule has 7 nitrogen and oxygen atoms in total. The molecule has 0 aliphatic heterocycles. The van der Waals surface area contributed by atoms with E-state index in [1.807, 2.05) is 0 Å². The summed E-state index contributed by atoms with van der Waals surface area (Å²) in [5.74, 6) is -0.310. The van der Waals surface area contributed by atoms with Crippen molar-refractivity contribution in [1.29, 1.82) is 0 Å². The number of nitro groups is 1. The molecular weight excluding hydrogens is 288 g/mol. The van der Waals surface area contributed by atoms with Crippen molar-refractivity contribution in [2.24, 2.45) is 0 Å². The van der Waals surface area contributed by atoms with Crippen molar-refractivity contribution in [3.8, 4) is 5.75 Å². The number of hydrogen-bond acceptors (Lipinski definition) is 4. The zero-order valence-electron chi connectivity index (χ0n) is 9.03. The van der Waals surface area contributed by atoms with Gasteiger partial charge in [0, 0.05) is 12.1 Å². The van der Waals surface area contributed by atoms with Gasteiger partial charge in [0.25, 0.3) is 5.69 Å². The standard InChI is InChI=1S/C6H5ClNO6P.K.H/c7-5-3-4(8(9)10)1-2-6(5)14-15(11,12)13;;/h1-3H,(H2,11,12,13);;/q;+1;-1. The van der Waals surface area contributed by atoms with Crippen LogP contribution < -0.4 is 55.9 Å². The van der Waals surface area contributed by atoms with Gasteiger partial charge in [0.1, 0.15) is 0 Å². The van der Waals surface area contributed by atoms with Gasteiger partial charge in [0.2, 0.25) is 0 Å². The maximum absolute atomic E-state index is 10.5. The number of benzene rings is 1. The molecule has 84 valence electrons. The number of nitro benzene ring substituents is 1. The Morgan fingerprint density at radius 3 is 2.44 bits per heavy atom. The van der Waals surface area contributed by atoms with Gasteiger partial charge in [-0.05, 0) is 6.07 Å². The molecular formula is C6H6ClKNO6P. The van der Waals surface area contributed by atoms with Crippen molar-refractivity contribution in [1.82, 2.24) is 0 Å². The number of hydrogen-bond donors (Lipinski definition) is 2. The van der Waals surface area contributed by atoms with Crippen LogP contribution in [0.4, 0.5) is 5.69 Å². The van der Waals surface area contributed by atoms with Crippen LogP contribution in [0.5, 0.6) is 5.75 Å². The number of phosphoric ester groups is 1. The molecule has 0 spiro atoms. The summed E-state index contributed by atoms with van der Waals surface area (Å²) in [5, 5.41) is 10.1. The molecule has 0 aliphatic carbocycles. The van der Waals surface area contributed by atoms with E-state index in [9.17, 15) is 14.7 Å². The first-order valence-corrected chi connectivity index (χ1v) is 5.39. The average molecular weight is 294 g/mol. The molecule has 0 unspecified atom stereocenters. The van der Waals surface area contributed by atoms with E-state index in [1.54, 1.807) is 0 Å². The van der Waals surface area contributed by atoms with Gasteiger partial charge in [0.15, 0.2) is 5.75 Å². The van der Waals surface area contributed by atoms with Crippen LogP contribution in [-0.2, 0) is 4.57 Å². The van der Waals surface area contributed by atoms with Gasteiger partial charge in [-0.15, -0.1) is 0 Å². The van der Waals surface area contributed by atoms with Gasteiger partial charge in [-0.2, -0.15) is 0 Å². The topological polar surface area (TPSA) is 110 Å².